The van der Waals surface area contributed by atoms with Crippen LogP contribution in [0, 0.1) is 0 Å². The van der Waals surface area contributed by atoms with Crippen LogP contribution in [0.25, 0.3) is 11.5 Å². The molecule has 0 bridgehead atoms. The maximum absolute atomic E-state index is 12.4. The first-order valence-corrected chi connectivity index (χ1v) is 8.04. The number of carbonyl (C=O) groups excluding carboxylic acids is 1. The number of benzene rings is 1. The van der Waals surface area contributed by atoms with Crippen molar-refractivity contribution < 1.29 is 9.53 Å². The van der Waals surface area contributed by atoms with Crippen molar-refractivity contribution in [3.8, 4) is 17.3 Å². The fourth-order valence-corrected chi connectivity index (χ4v) is 2.76. The summed E-state index contributed by atoms with van der Waals surface area (Å²) in [6.07, 6.45) is 5.46. The number of amides is 1. The summed E-state index contributed by atoms with van der Waals surface area (Å²) >= 11 is 0. The first kappa shape index (κ1) is 15.3. The maximum Gasteiger partial charge on any atom is 0.254 e. The number of ether oxygens (including phenoxy) is 1. The van der Waals surface area contributed by atoms with Gasteiger partial charge < -0.3 is 10.1 Å². The molecular formula is C19H16N4O2. The summed E-state index contributed by atoms with van der Waals surface area (Å²) in [7, 11) is 0. The SMILES string of the molecule is O=C(N[C@H]1COc2ccccc2C1)c1cnc(-c2ccccn2)nc1. The Morgan fingerprint density at radius 2 is 1.84 bits per heavy atom. The van der Waals surface area contributed by atoms with Crippen LogP contribution in [0.1, 0.15) is 15.9 Å². The molecule has 1 aromatic carbocycles. The molecule has 4 rings (SSSR count). The van der Waals surface area contributed by atoms with Gasteiger partial charge in [-0.3, -0.25) is 9.78 Å². The van der Waals surface area contributed by atoms with Crippen LogP contribution >= 0.6 is 0 Å². The van der Waals surface area contributed by atoms with E-state index in [4.69, 9.17) is 4.74 Å². The maximum atomic E-state index is 12.4. The second-order valence-corrected chi connectivity index (χ2v) is 5.80. The zero-order valence-corrected chi connectivity index (χ0v) is 13.4. The largest absolute Gasteiger partial charge is 0.491 e. The van der Waals surface area contributed by atoms with Gasteiger partial charge in [-0.1, -0.05) is 24.3 Å². The van der Waals surface area contributed by atoms with Crippen molar-refractivity contribution in [1.82, 2.24) is 20.3 Å². The molecule has 0 saturated heterocycles. The van der Waals surface area contributed by atoms with Crippen molar-refractivity contribution in [3.63, 3.8) is 0 Å². The second kappa shape index (κ2) is 6.68. The fraction of sp³-hybridized carbons (Fsp3) is 0.158. The summed E-state index contributed by atoms with van der Waals surface area (Å²) in [5, 5.41) is 2.98. The van der Waals surface area contributed by atoms with Crippen molar-refractivity contribution in [3.05, 3.63) is 72.2 Å². The summed E-state index contributed by atoms with van der Waals surface area (Å²) in [6, 6.07) is 13.3. The summed E-state index contributed by atoms with van der Waals surface area (Å²) in [6.45, 7) is 0.454. The number of fused-ring (bicyclic) bond motifs is 1. The molecule has 124 valence electrons. The van der Waals surface area contributed by atoms with E-state index < -0.39 is 0 Å². The molecule has 0 fully saturated rings. The quantitative estimate of drug-likeness (QED) is 0.796. The Labute approximate surface area is 144 Å². The van der Waals surface area contributed by atoms with Crippen LogP contribution in [0.2, 0.25) is 0 Å². The van der Waals surface area contributed by atoms with E-state index in [9.17, 15) is 4.79 Å². The van der Waals surface area contributed by atoms with Gasteiger partial charge >= 0.3 is 0 Å². The van der Waals surface area contributed by atoms with E-state index in [2.05, 4.69) is 20.3 Å². The molecule has 6 nitrogen and oxygen atoms in total. The van der Waals surface area contributed by atoms with Crippen LogP contribution < -0.4 is 10.1 Å². The highest BCUT2D eigenvalue weighted by Gasteiger charge is 2.21. The van der Waals surface area contributed by atoms with Gasteiger partial charge in [0, 0.05) is 18.6 Å². The summed E-state index contributed by atoms with van der Waals surface area (Å²) in [5.41, 5.74) is 2.19. The van der Waals surface area contributed by atoms with E-state index in [1.165, 1.54) is 12.4 Å². The van der Waals surface area contributed by atoms with Crippen molar-refractivity contribution >= 4 is 5.91 Å². The van der Waals surface area contributed by atoms with Crippen LogP contribution in [0.15, 0.2) is 61.1 Å². The van der Waals surface area contributed by atoms with E-state index >= 15 is 0 Å². The van der Waals surface area contributed by atoms with Crippen molar-refractivity contribution in [2.75, 3.05) is 6.61 Å². The lowest BCUT2D eigenvalue weighted by atomic mass is 10.0. The molecule has 3 heterocycles. The van der Waals surface area contributed by atoms with Gasteiger partial charge in [-0.05, 0) is 30.2 Å². The average Bonchev–Trinajstić information content (AvgIpc) is 2.69. The van der Waals surface area contributed by atoms with Gasteiger partial charge in [0.2, 0.25) is 0 Å². The fourth-order valence-electron chi connectivity index (χ4n) is 2.76. The van der Waals surface area contributed by atoms with Gasteiger partial charge in [-0.15, -0.1) is 0 Å². The molecule has 2 aromatic heterocycles. The van der Waals surface area contributed by atoms with E-state index in [-0.39, 0.29) is 11.9 Å². The van der Waals surface area contributed by atoms with Crippen LogP contribution in [-0.2, 0) is 6.42 Å². The highest BCUT2D eigenvalue weighted by molar-refractivity contribution is 5.93. The van der Waals surface area contributed by atoms with Crippen LogP contribution in [0.4, 0.5) is 0 Å². The third-order valence-corrected chi connectivity index (χ3v) is 4.02. The molecule has 0 radical (unpaired) electrons. The number of nitrogens with zero attached hydrogens (tertiary/aromatic N) is 3. The molecule has 3 aromatic rings. The molecule has 1 atom stereocenters. The molecule has 0 aliphatic carbocycles. The summed E-state index contributed by atoms with van der Waals surface area (Å²) < 4.78 is 5.70. The molecule has 1 N–H and O–H groups in total. The molecule has 6 heteroatoms. The Morgan fingerprint density at radius 1 is 1.04 bits per heavy atom. The smallest absolute Gasteiger partial charge is 0.254 e. The summed E-state index contributed by atoms with van der Waals surface area (Å²) in [4.78, 5) is 25.1. The first-order chi connectivity index (χ1) is 12.3. The minimum Gasteiger partial charge on any atom is -0.491 e. The standard InChI is InChI=1S/C19H16N4O2/c24-19(23-15-9-13-5-1-2-7-17(13)25-12-15)14-10-21-18(22-11-14)16-6-3-4-8-20-16/h1-8,10-11,15H,9,12H2,(H,23,24)/t15-/m1/s1. The van der Waals surface area contributed by atoms with Gasteiger partial charge in [0.1, 0.15) is 18.1 Å². The lowest BCUT2D eigenvalue weighted by molar-refractivity contribution is 0.0914. The monoisotopic (exact) mass is 332 g/mol. The molecule has 0 unspecified atom stereocenters. The normalized spacial score (nSPS) is 15.8. The topological polar surface area (TPSA) is 77.0 Å². The zero-order valence-electron chi connectivity index (χ0n) is 13.4. The Balaban J connectivity index is 1.43. The molecule has 1 amide bonds. The van der Waals surface area contributed by atoms with Gasteiger partial charge in [-0.2, -0.15) is 0 Å². The molecular weight excluding hydrogens is 316 g/mol. The average molecular weight is 332 g/mol. The van der Waals surface area contributed by atoms with Gasteiger partial charge in [0.05, 0.1) is 11.6 Å². The molecule has 1 aliphatic rings. The summed E-state index contributed by atoms with van der Waals surface area (Å²) in [5.74, 6) is 1.17. The van der Waals surface area contributed by atoms with E-state index in [0.717, 1.165) is 17.7 Å². The van der Waals surface area contributed by atoms with Crippen LogP contribution in [-0.4, -0.2) is 33.5 Å². The number of para-hydroxylation sites is 1. The minimum atomic E-state index is -0.208. The minimum absolute atomic E-state index is 0.0714. The van der Waals surface area contributed by atoms with Gasteiger partial charge in [0.15, 0.2) is 5.82 Å². The number of hydrogen-bond donors (Lipinski definition) is 1. The van der Waals surface area contributed by atoms with Gasteiger partial charge in [0.25, 0.3) is 5.91 Å². The molecule has 25 heavy (non-hydrogen) atoms. The molecule has 1 aliphatic heterocycles. The van der Waals surface area contributed by atoms with E-state index in [1.54, 1.807) is 6.20 Å². The predicted octanol–water partition coefficient (Wildman–Crippen LogP) is 2.27. The third-order valence-electron chi connectivity index (χ3n) is 4.02. The lowest BCUT2D eigenvalue weighted by Gasteiger charge is -2.25. The third kappa shape index (κ3) is 3.33. The zero-order chi connectivity index (χ0) is 17.1. The Bertz CT molecular complexity index is 881. The Morgan fingerprint density at radius 3 is 2.64 bits per heavy atom. The Hall–Kier alpha value is -3.28. The number of nitrogens with one attached hydrogen (secondary N) is 1. The lowest BCUT2D eigenvalue weighted by Crippen LogP contribution is -2.42. The number of carbonyl (C=O) groups is 1. The first-order valence-electron chi connectivity index (χ1n) is 8.04. The number of aromatic nitrogens is 3. The number of hydrogen-bond acceptors (Lipinski definition) is 5. The molecule has 0 spiro atoms. The highest BCUT2D eigenvalue weighted by Crippen LogP contribution is 2.24. The predicted molar refractivity (Wildman–Crippen MR) is 92.2 cm³/mol. The van der Waals surface area contributed by atoms with Crippen molar-refractivity contribution in [2.45, 2.75) is 12.5 Å². The van der Waals surface area contributed by atoms with E-state index in [0.29, 0.717) is 23.7 Å². The number of pyridine rings is 1. The van der Waals surface area contributed by atoms with Crippen molar-refractivity contribution in [1.29, 1.82) is 0 Å². The number of rotatable bonds is 3. The highest BCUT2D eigenvalue weighted by atomic mass is 16.5. The van der Waals surface area contributed by atoms with Gasteiger partial charge in [-0.25, -0.2) is 9.97 Å². The molecule has 0 saturated carbocycles. The Kier molecular flexibility index (Phi) is 4.08. The second-order valence-electron chi connectivity index (χ2n) is 5.80. The van der Waals surface area contributed by atoms with Crippen LogP contribution in [0.3, 0.4) is 0 Å². The van der Waals surface area contributed by atoms with E-state index in [1.807, 2.05) is 42.5 Å². The van der Waals surface area contributed by atoms with Crippen LogP contribution in [0.5, 0.6) is 5.75 Å². The van der Waals surface area contributed by atoms with Crippen molar-refractivity contribution in [2.24, 2.45) is 0 Å².